The number of halogens is 1. The second-order valence-corrected chi connectivity index (χ2v) is 6.73. The fraction of sp³-hybridized carbons (Fsp3) is 0.714. The predicted octanol–water partition coefficient (Wildman–Crippen LogP) is 4.80. The van der Waals surface area contributed by atoms with Crippen LogP contribution in [0.5, 0.6) is 0 Å². The molecule has 96 valence electrons. The lowest BCUT2D eigenvalue weighted by Gasteiger charge is -2.25. The van der Waals surface area contributed by atoms with Crippen LogP contribution < -0.4 is 5.32 Å². The lowest BCUT2D eigenvalue weighted by molar-refractivity contribution is 0.387. The van der Waals surface area contributed by atoms with Crippen LogP contribution in [-0.2, 0) is 6.42 Å². The quantitative estimate of drug-likeness (QED) is 0.811. The highest BCUT2D eigenvalue weighted by atomic mass is 35.5. The van der Waals surface area contributed by atoms with Crippen molar-refractivity contribution in [2.24, 2.45) is 5.92 Å². The molecule has 0 aliphatic heterocycles. The van der Waals surface area contributed by atoms with Gasteiger partial charge in [-0.25, -0.2) is 0 Å². The summed E-state index contributed by atoms with van der Waals surface area (Å²) < 4.78 is 0.950. The first-order valence-electron chi connectivity index (χ1n) is 6.76. The molecular formula is C14H22ClNS. The van der Waals surface area contributed by atoms with Gasteiger partial charge in [-0.2, -0.15) is 0 Å². The van der Waals surface area contributed by atoms with E-state index in [1.807, 2.05) is 0 Å². The Morgan fingerprint density at radius 2 is 2.24 bits per heavy atom. The zero-order valence-corrected chi connectivity index (χ0v) is 12.3. The summed E-state index contributed by atoms with van der Waals surface area (Å²) in [4.78, 5) is 1.50. The summed E-state index contributed by atoms with van der Waals surface area (Å²) in [6.07, 6.45) is 6.32. The molecule has 1 aromatic rings. The predicted molar refractivity (Wildman–Crippen MR) is 77.1 cm³/mol. The summed E-state index contributed by atoms with van der Waals surface area (Å²) in [5, 5.41) is 3.74. The van der Waals surface area contributed by atoms with Crippen LogP contribution in [0, 0.1) is 5.92 Å². The molecule has 0 fully saturated rings. The van der Waals surface area contributed by atoms with Crippen molar-refractivity contribution in [1.82, 2.24) is 5.32 Å². The molecule has 1 aliphatic rings. The van der Waals surface area contributed by atoms with E-state index in [0.29, 0.717) is 6.04 Å². The summed E-state index contributed by atoms with van der Waals surface area (Å²) in [5.74, 6) is 0.814. The summed E-state index contributed by atoms with van der Waals surface area (Å²) in [6, 6.07) is 2.72. The third-order valence-corrected chi connectivity index (χ3v) is 5.23. The molecule has 0 saturated carbocycles. The molecule has 1 nitrogen and oxygen atoms in total. The van der Waals surface area contributed by atoms with Crippen LogP contribution in [0.15, 0.2) is 6.07 Å². The Bertz CT molecular complexity index is 357. The Labute approximate surface area is 114 Å². The Morgan fingerprint density at radius 1 is 1.47 bits per heavy atom. The largest absolute Gasteiger partial charge is 0.310 e. The SMILES string of the molecule is CCC(CC)CNC1CCCc2sc(Cl)cc21. The van der Waals surface area contributed by atoms with Crippen LogP contribution in [0.3, 0.4) is 0 Å². The normalized spacial score (nSPS) is 19.6. The van der Waals surface area contributed by atoms with Gasteiger partial charge in [-0.15, -0.1) is 11.3 Å². The molecule has 0 radical (unpaired) electrons. The summed E-state index contributed by atoms with van der Waals surface area (Å²) in [6.45, 7) is 5.71. The molecule has 3 heteroatoms. The van der Waals surface area contributed by atoms with Crippen LogP contribution in [0.1, 0.15) is 56.0 Å². The molecular weight excluding hydrogens is 250 g/mol. The minimum Gasteiger partial charge on any atom is -0.310 e. The number of nitrogens with one attached hydrogen (secondary N) is 1. The molecule has 17 heavy (non-hydrogen) atoms. The standard InChI is InChI=1S/C14H22ClNS/c1-3-10(4-2)9-16-12-6-5-7-13-11(12)8-14(15)17-13/h8,10,12,16H,3-7,9H2,1-2H3. The molecule has 1 aromatic heterocycles. The molecule has 0 amide bonds. The van der Waals surface area contributed by atoms with Gasteiger partial charge in [-0.05, 0) is 43.4 Å². The third kappa shape index (κ3) is 3.24. The molecule has 1 N–H and O–H groups in total. The lowest BCUT2D eigenvalue weighted by atomic mass is 9.93. The minimum absolute atomic E-state index is 0.545. The fourth-order valence-electron chi connectivity index (χ4n) is 2.62. The van der Waals surface area contributed by atoms with Crippen LogP contribution in [0.25, 0.3) is 0 Å². The summed E-state index contributed by atoms with van der Waals surface area (Å²) in [5.41, 5.74) is 1.47. The second-order valence-electron chi connectivity index (χ2n) is 4.96. The summed E-state index contributed by atoms with van der Waals surface area (Å²) >= 11 is 7.89. The average Bonchev–Trinajstić information content (AvgIpc) is 2.71. The van der Waals surface area contributed by atoms with E-state index < -0.39 is 0 Å². The van der Waals surface area contributed by atoms with Gasteiger partial charge in [-0.3, -0.25) is 0 Å². The highest BCUT2D eigenvalue weighted by molar-refractivity contribution is 7.16. The van der Waals surface area contributed by atoms with E-state index in [-0.39, 0.29) is 0 Å². The molecule has 0 aromatic carbocycles. The average molecular weight is 272 g/mol. The summed E-state index contributed by atoms with van der Waals surface area (Å²) in [7, 11) is 0. The van der Waals surface area contributed by atoms with E-state index in [9.17, 15) is 0 Å². The van der Waals surface area contributed by atoms with Gasteiger partial charge >= 0.3 is 0 Å². The zero-order chi connectivity index (χ0) is 12.3. The number of fused-ring (bicyclic) bond motifs is 1. The maximum atomic E-state index is 6.12. The van der Waals surface area contributed by atoms with E-state index in [2.05, 4.69) is 25.2 Å². The van der Waals surface area contributed by atoms with Crippen molar-refractivity contribution in [3.8, 4) is 0 Å². The topological polar surface area (TPSA) is 12.0 Å². The van der Waals surface area contributed by atoms with E-state index in [0.717, 1.165) is 16.8 Å². The second kappa shape index (κ2) is 6.21. The monoisotopic (exact) mass is 271 g/mol. The number of hydrogen-bond acceptors (Lipinski definition) is 2. The van der Waals surface area contributed by atoms with E-state index in [4.69, 9.17) is 11.6 Å². The van der Waals surface area contributed by atoms with Crippen molar-refractivity contribution < 1.29 is 0 Å². The molecule has 1 atom stereocenters. The zero-order valence-electron chi connectivity index (χ0n) is 10.8. The Hall–Kier alpha value is -0.0500. The van der Waals surface area contributed by atoms with Crippen LogP contribution in [0.4, 0.5) is 0 Å². The van der Waals surface area contributed by atoms with Crippen molar-refractivity contribution in [3.05, 3.63) is 20.8 Å². The Morgan fingerprint density at radius 3 is 2.94 bits per heavy atom. The van der Waals surface area contributed by atoms with Gasteiger partial charge in [0.05, 0.1) is 4.34 Å². The number of rotatable bonds is 5. The van der Waals surface area contributed by atoms with E-state index in [1.165, 1.54) is 42.5 Å². The van der Waals surface area contributed by atoms with Crippen molar-refractivity contribution in [3.63, 3.8) is 0 Å². The lowest BCUT2D eigenvalue weighted by Crippen LogP contribution is -2.29. The highest BCUT2D eigenvalue weighted by Crippen LogP contribution is 2.37. The van der Waals surface area contributed by atoms with Crippen molar-refractivity contribution >= 4 is 22.9 Å². The first-order valence-corrected chi connectivity index (χ1v) is 7.95. The van der Waals surface area contributed by atoms with Gasteiger partial charge in [0.2, 0.25) is 0 Å². The van der Waals surface area contributed by atoms with E-state index >= 15 is 0 Å². The Balaban J connectivity index is 1.98. The Kier molecular flexibility index (Phi) is 4.89. The number of aryl methyl sites for hydroxylation is 1. The smallest absolute Gasteiger partial charge is 0.0934 e. The molecule has 2 rings (SSSR count). The maximum Gasteiger partial charge on any atom is 0.0934 e. The molecule has 1 aliphatic carbocycles. The van der Waals surface area contributed by atoms with Gasteiger partial charge in [0, 0.05) is 10.9 Å². The van der Waals surface area contributed by atoms with Gasteiger partial charge in [0.15, 0.2) is 0 Å². The van der Waals surface area contributed by atoms with Crippen molar-refractivity contribution in [2.45, 2.75) is 52.0 Å². The van der Waals surface area contributed by atoms with Crippen LogP contribution in [-0.4, -0.2) is 6.54 Å². The highest BCUT2D eigenvalue weighted by Gasteiger charge is 2.22. The molecule has 0 spiro atoms. The minimum atomic E-state index is 0.545. The molecule has 0 saturated heterocycles. The van der Waals surface area contributed by atoms with Crippen LogP contribution in [0.2, 0.25) is 4.34 Å². The van der Waals surface area contributed by atoms with Gasteiger partial charge < -0.3 is 5.32 Å². The first-order chi connectivity index (χ1) is 8.24. The molecule has 1 unspecified atom stereocenters. The van der Waals surface area contributed by atoms with E-state index in [1.54, 1.807) is 11.3 Å². The van der Waals surface area contributed by atoms with Crippen LogP contribution >= 0.6 is 22.9 Å². The first kappa shape index (κ1) is 13.4. The van der Waals surface area contributed by atoms with Crippen molar-refractivity contribution in [1.29, 1.82) is 0 Å². The molecule has 0 bridgehead atoms. The van der Waals surface area contributed by atoms with Crippen molar-refractivity contribution in [2.75, 3.05) is 6.54 Å². The van der Waals surface area contributed by atoms with Gasteiger partial charge in [0.1, 0.15) is 0 Å². The molecule has 1 heterocycles. The number of thiophene rings is 1. The number of hydrogen-bond donors (Lipinski definition) is 1. The van der Waals surface area contributed by atoms with Gasteiger partial charge in [0.25, 0.3) is 0 Å². The third-order valence-electron chi connectivity index (χ3n) is 3.89. The fourth-order valence-corrected chi connectivity index (χ4v) is 4.00. The maximum absolute atomic E-state index is 6.12. The van der Waals surface area contributed by atoms with Gasteiger partial charge in [-0.1, -0.05) is 38.3 Å².